The number of nitrogens with one attached hydrogen (secondary N) is 1. The van der Waals surface area contributed by atoms with E-state index in [0.717, 1.165) is 41.2 Å². The highest BCUT2D eigenvalue weighted by Gasteiger charge is 2.27. The largest absolute Gasteiger partial charge is 0.481 e. The highest BCUT2D eigenvalue weighted by molar-refractivity contribution is 9.10. The number of benzene rings is 1. The van der Waals surface area contributed by atoms with Crippen molar-refractivity contribution in [2.75, 3.05) is 5.32 Å². The van der Waals surface area contributed by atoms with Crippen molar-refractivity contribution in [3.63, 3.8) is 0 Å². The predicted molar refractivity (Wildman–Crippen MR) is 117 cm³/mol. The zero-order valence-electron chi connectivity index (χ0n) is 16.0. The van der Waals surface area contributed by atoms with Crippen LogP contribution in [0.3, 0.4) is 0 Å². The number of nitrogens with zero attached hydrogens (tertiary/aromatic N) is 5. The molecule has 2 N–H and O–H groups in total. The molecule has 4 aromatic rings. The molecule has 152 valence electrons. The summed E-state index contributed by atoms with van der Waals surface area (Å²) in [6.07, 6.45) is 6.60. The summed E-state index contributed by atoms with van der Waals surface area (Å²) in [4.78, 5) is 24.8. The fraction of sp³-hybridized carbons (Fsp3) is 0.286. The number of fused-ring (bicyclic) bond motifs is 2. The molecule has 8 nitrogen and oxygen atoms in total. The predicted octanol–water partition coefficient (Wildman–Crippen LogP) is 4.18. The Kier molecular flexibility index (Phi) is 4.82. The minimum atomic E-state index is -0.731. The van der Waals surface area contributed by atoms with Crippen molar-refractivity contribution in [1.82, 2.24) is 24.7 Å². The number of hydrogen-bond donors (Lipinski definition) is 2. The second kappa shape index (κ2) is 7.64. The van der Waals surface area contributed by atoms with Gasteiger partial charge in [0.1, 0.15) is 4.60 Å². The van der Waals surface area contributed by atoms with E-state index in [-0.39, 0.29) is 12.0 Å². The van der Waals surface area contributed by atoms with Crippen LogP contribution in [0.15, 0.2) is 47.3 Å². The minimum absolute atomic E-state index is 0.0452. The Hall–Kier alpha value is -3.07. The Labute approximate surface area is 180 Å². The molecule has 0 saturated heterocycles. The van der Waals surface area contributed by atoms with Gasteiger partial charge in [-0.2, -0.15) is 10.1 Å². The van der Waals surface area contributed by atoms with Gasteiger partial charge in [-0.05, 0) is 59.5 Å². The van der Waals surface area contributed by atoms with Crippen molar-refractivity contribution in [1.29, 1.82) is 0 Å². The Morgan fingerprint density at radius 1 is 1.23 bits per heavy atom. The molecule has 30 heavy (non-hydrogen) atoms. The molecule has 1 aliphatic rings. The molecule has 9 heteroatoms. The standard InChI is InChI=1S/C21H19BrN6O2/c22-18-16-11-24-21(25-14-5-1-3-13(9-14)20(29)30)26-19(16)28(27-18)15-6-7-17-12(10-15)4-2-8-23-17/h2,4,6-8,10-11,13-14H,1,3,5,9H2,(H,29,30)(H,24,25,26)/t13-,14-/m1/s1. The van der Waals surface area contributed by atoms with E-state index < -0.39 is 5.97 Å². The number of halogens is 1. The van der Waals surface area contributed by atoms with Gasteiger partial charge in [0.2, 0.25) is 5.95 Å². The Morgan fingerprint density at radius 2 is 2.13 bits per heavy atom. The summed E-state index contributed by atoms with van der Waals surface area (Å²) in [6, 6.07) is 9.90. The summed E-state index contributed by atoms with van der Waals surface area (Å²) in [7, 11) is 0. The molecule has 1 saturated carbocycles. The molecule has 1 aromatic carbocycles. The summed E-state index contributed by atoms with van der Waals surface area (Å²) < 4.78 is 2.44. The van der Waals surface area contributed by atoms with Crippen LogP contribution in [0.1, 0.15) is 25.7 Å². The van der Waals surface area contributed by atoms with Crippen LogP contribution in [0.4, 0.5) is 5.95 Å². The number of aromatic nitrogens is 5. The van der Waals surface area contributed by atoms with Gasteiger partial charge in [0.25, 0.3) is 0 Å². The molecule has 1 fully saturated rings. The van der Waals surface area contributed by atoms with Gasteiger partial charge in [-0.15, -0.1) is 0 Å². The molecular formula is C21H19BrN6O2. The lowest BCUT2D eigenvalue weighted by Crippen LogP contribution is -2.31. The lowest BCUT2D eigenvalue weighted by atomic mass is 9.86. The zero-order valence-corrected chi connectivity index (χ0v) is 17.6. The Bertz CT molecular complexity index is 1260. The van der Waals surface area contributed by atoms with Crippen molar-refractivity contribution in [3.05, 3.63) is 47.3 Å². The van der Waals surface area contributed by atoms with E-state index in [4.69, 9.17) is 4.98 Å². The number of carboxylic acids is 1. The van der Waals surface area contributed by atoms with Crippen molar-refractivity contribution in [3.8, 4) is 5.69 Å². The maximum Gasteiger partial charge on any atom is 0.306 e. The summed E-state index contributed by atoms with van der Waals surface area (Å²) >= 11 is 3.50. The molecule has 0 unspecified atom stereocenters. The summed E-state index contributed by atoms with van der Waals surface area (Å²) in [5.74, 6) is -0.564. The molecule has 3 aromatic heterocycles. The van der Waals surface area contributed by atoms with Gasteiger partial charge >= 0.3 is 5.97 Å². The van der Waals surface area contributed by atoms with E-state index in [1.54, 1.807) is 17.1 Å². The first-order valence-electron chi connectivity index (χ1n) is 9.84. The third kappa shape index (κ3) is 3.49. The van der Waals surface area contributed by atoms with E-state index in [1.165, 1.54) is 0 Å². The molecule has 1 aliphatic carbocycles. The molecule has 2 atom stereocenters. The van der Waals surface area contributed by atoms with Gasteiger partial charge in [0.15, 0.2) is 5.65 Å². The number of pyridine rings is 1. The van der Waals surface area contributed by atoms with Gasteiger partial charge < -0.3 is 10.4 Å². The molecule has 0 spiro atoms. The van der Waals surface area contributed by atoms with Gasteiger partial charge in [-0.3, -0.25) is 9.78 Å². The fourth-order valence-electron chi connectivity index (χ4n) is 4.04. The van der Waals surface area contributed by atoms with Crippen molar-refractivity contribution in [2.45, 2.75) is 31.7 Å². The second-order valence-electron chi connectivity index (χ2n) is 7.56. The maximum absolute atomic E-state index is 11.3. The average molecular weight is 467 g/mol. The molecule has 3 heterocycles. The number of carboxylic acid groups (broad SMARTS) is 1. The molecular weight excluding hydrogens is 448 g/mol. The van der Waals surface area contributed by atoms with E-state index in [0.29, 0.717) is 22.6 Å². The van der Waals surface area contributed by atoms with Crippen molar-refractivity contribution in [2.24, 2.45) is 5.92 Å². The number of carbonyl (C=O) groups is 1. The van der Waals surface area contributed by atoms with Crippen LogP contribution < -0.4 is 5.32 Å². The van der Waals surface area contributed by atoms with Crippen LogP contribution in [-0.2, 0) is 4.79 Å². The molecule has 0 bridgehead atoms. The van der Waals surface area contributed by atoms with Gasteiger partial charge in [0.05, 0.1) is 22.5 Å². The topological polar surface area (TPSA) is 106 Å². The number of rotatable bonds is 4. The second-order valence-corrected chi connectivity index (χ2v) is 8.31. The van der Waals surface area contributed by atoms with Crippen LogP contribution in [0, 0.1) is 5.92 Å². The molecule has 0 radical (unpaired) electrons. The zero-order chi connectivity index (χ0) is 20.7. The van der Waals surface area contributed by atoms with Gasteiger partial charge in [0, 0.05) is 23.8 Å². The Balaban J connectivity index is 1.50. The number of hydrogen-bond acceptors (Lipinski definition) is 6. The summed E-state index contributed by atoms with van der Waals surface area (Å²) in [6.45, 7) is 0. The normalized spacial score (nSPS) is 19.2. The van der Waals surface area contributed by atoms with Crippen LogP contribution >= 0.6 is 15.9 Å². The van der Waals surface area contributed by atoms with Gasteiger partial charge in [-0.1, -0.05) is 12.5 Å². The SMILES string of the molecule is O=C(O)[C@@H]1CCC[C@@H](Nc2ncc3c(Br)nn(-c4ccc5ncccc5c4)c3n2)C1. The number of anilines is 1. The van der Waals surface area contributed by atoms with Crippen LogP contribution in [0.25, 0.3) is 27.6 Å². The van der Waals surface area contributed by atoms with Crippen LogP contribution in [0.2, 0.25) is 0 Å². The van der Waals surface area contributed by atoms with E-state index >= 15 is 0 Å². The van der Waals surface area contributed by atoms with E-state index in [1.807, 2.05) is 30.3 Å². The van der Waals surface area contributed by atoms with Crippen LogP contribution in [-0.4, -0.2) is 41.9 Å². The highest BCUT2D eigenvalue weighted by Crippen LogP contribution is 2.29. The first kappa shape index (κ1) is 18.9. The fourth-order valence-corrected chi connectivity index (χ4v) is 4.48. The molecule has 0 aliphatic heterocycles. The third-order valence-corrected chi connectivity index (χ3v) is 6.15. The summed E-state index contributed by atoms with van der Waals surface area (Å²) in [5.41, 5.74) is 2.46. The maximum atomic E-state index is 11.3. The first-order valence-corrected chi connectivity index (χ1v) is 10.6. The molecule has 5 rings (SSSR count). The first-order chi connectivity index (χ1) is 14.6. The smallest absolute Gasteiger partial charge is 0.306 e. The average Bonchev–Trinajstić information content (AvgIpc) is 3.09. The third-order valence-electron chi connectivity index (χ3n) is 5.57. The highest BCUT2D eigenvalue weighted by atomic mass is 79.9. The van der Waals surface area contributed by atoms with Crippen molar-refractivity contribution >= 4 is 49.8 Å². The minimum Gasteiger partial charge on any atom is -0.481 e. The lowest BCUT2D eigenvalue weighted by Gasteiger charge is -2.27. The van der Waals surface area contributed by atoms with E-state index in [2.05, 4.69) is 36.3 Å². The quantitative estimate of drug-likeness (QED) is 0.464. The monoisotopic (exact) mass is 466 g/mol. The van der Waals surface area contributed by atoms with Gasteiger partial charge in [-0.25, -0.2) is 9.67 Å². The summed E-state index contributed by atoms with van der Waals surface area (Å²) in [5, 5.41) is 19.1. The Morgan fingerprint density at radius 3 is 3.00 bits per heavy atom. The van der Waals surface area contributed by atoms with E-state index in [9.17, 15) is 9.90 Å². The lowest BCUT2D eigenvalue weighted by molar-refractivity contribution is -0.142. The van der Waals surface area contributed by atoms with Crippen LogP contribution in [0.5, 0.6) is 0 Å². The number of aliphatic carboxylic acids is 1. The van der Waals surface area contributed by atoms with Crippen molar-refractivity contribution < 1.29 is 9.90 Å². The molecule has 0 amide bonds.